The van der Waals surface area contributed by atoms with E-state index in [2.05, 4.69) is 6.92 Å². The van der Waals surface area contributed by atoms with Crippen LogP contribution in [0.4, 0.5) is 0 Å². The van der Waals surface area contributed by atoms with E-state index in [1.807, 2.05) is 30.3 Å². The number of Topliss-reactive ketones (excluding diaryl/α,β-unsaturated/α-hetero) is 1. The second kappa shape index (κ2) is 5.55. The summed E-state index contributed by atoms with van der Waals surface area (Å²) in [4.78, 5) is 11.6. The normalized spacial score (nSPS) is 12.4. The van der Waals surface area contributed by atoms with Gasteiger partial charge in [-0.3, -0.25) is 4.79 Å². The van der Waals surface area contributed by atoms with E-state index in [0.717, 1.165) is 18.4 Å². The number of carbonyl (C=O) groups is 1. The molecule has 0 saturated heterocycles. The molecule has 0 aliphatic rings. The highest BCUT2D eigenvalue weighted by Crippen LogP contribution is 2.07. The summed E-state index contributed by atoms with van der Waals surface area (Å²) in [7, 11) is 0. The first-order chi connectivity index (χ1) is 6.74. The molecule has 0 fully saturated rings. The van der Waals surface area contributed by atoms with Crippen LogP contribution < -0.4 is 5.73 Å². The Labute approximate surface area is 85.1 Å². The molecule has 14 heavy (non-hydrogen) atoms. The summed E-state index contributed by atoms with van der Waals surface area (Å²) < 4.78 is 0. The minimum atomic E-state index is 0.00714. The molecule has 0 aromatic heterocycles. The Morgan fingerprint density at radius 2 is 2.00 bits per heavy atom. The Hall–Kier alpha value is -1.15. The standard InChI is InChI=1S/C12H17NO/c1-2-6-11(13)9-12(14)10-7-4-3-5-8-10/h3-5,7-8,11H,2,6,9,13H2,1H3. The number of hydrogen-bond donors (Lipinski definition) is 1. The van der Waals surface area contributed by atoms with Crippen LogP contribution in [0.1, 0.15) is 36.5 Å². The third-order valence-electron chi connectivity index (χ3n) is 2.20. The van der Waals surface area contributed by atoms with Gasteiger partial charge in [-0.15, -0.1) is 0 Å². The van der Waals surface area contributed by atoms with Crippen molar-refractivity contribution in [2.75, 3.05) is 0 Å². The van der Waals surface area contributed by atoms with E-state index in [4.69, 9.17) is 5.73 Å². The van der Waals surface area contributed by atoms with Gasteiger partial charge in [0, 0.05) is 18.0 Å². The van der Waals surface area contributed by atoms with Crippen molar-refractivity contribution in [2.24, 2.45) is 5.73 Å². The summed E-state index contributed by atoms with van der Waals surface area (Å²) in [5.41, 5.74) is 6.56. The van der Waals surface area contributed by atoms with Crippen LogP contribution in [0.2, 0.25) is 0 Å². The molecule has 0 spiro atoms. The summed E-state index contributed by atoms with van der Waals surface area (Å²) in [6, 6.07) is 9.33. The minimum Gasteiger partial charge on any atom is -0.327 e. The summed E-state index contributed by atoms with van der Waals surface area (Å²) in [5, 5.41) is 0. The molecule has 1 atom stereocenters. The van der Waals surface area contributed by atoms with Gasteiger partial charge < -0.3 is 5.73 Å². The molecule has 0 radical (unpaired) electrons. The smallest absolute Gasteiger partial charge is 0.164 e. The highest BCUT2D eigenvalue weighted by Gasteiger charge is 2.09. The van der Waals surface area contributed by atoms with Gasteiger partial charge in [0.1, 0.15) is 0 Å². The second-order valence-electron chi connectivity index (χ2n) is 3.54. The molecule has 76 valence electrons. The summed E-state index contributed by atoms with van der Waals surface area (Å²) in [6.07, 6.45) is 2.40. The number of carbonyl (C=O) groups excluding carboxylic acids is 1. The monoisotopic (exact) mass is 191 g/mol. The van der Waals surface area contributed by atoms with Gasteiger partial charge in [-0.1, -0.05) is 43.7 Å². The van der Waals surface area contributed by atoms with Crippen LogP contribution in [0.25, 0.3) is 0 Å². The Morgan fingerprint density at radius 1 is 1.36 bits per heavy atom. The first-order valence-electron chi connectivity index (χ1n) is 5.08. The van der Waals surface area contributed by atoms with Crippen molar-refractivity contribution >= 4 is 5.78 Å². The number of ketones is 1. The third-order valence-corrected chi connectivity index (χ3v) is 2.20. The van der Waals surface area contributed by atoms with Crippen molar-refractivity contribution in [2.45, 2.75) is 32.2 Å². The maximum Gasteiger partial charge on any atom is 0.164 e. The third kappa shape index (κ3) is 3.30. The topological polar surface area (TPSA) is 43.1 Å². The number of rotatable bonds is 5. The number of benzene rings is 1. The lowest BCUT2D eigenvalue weighted by molar-refractivity contribution is 0.0973. The molecule has 0 aliphatic heterocycles. The highest BCUT2D eigenvalue weighted by molar-refractivity contribution is 5.96. The lowest BCUT2D eigenvalue weighted by Crippen LogP contribution is -2.23. The summed E-state index contributed by atoms with van der Waals surface area (Å²) >= 11 is 0. The summed E-state index contributed by atoms with van der Waals surface area (Å²) in [5.74, 6) is 0.145. The number of hydrogen-bond acceptors (Lipinski definition) is 2. The Morgan fingerprint density at radius 3 is 2.57 bits per heavy atom. The molecule has 0 amide bonds. The van der Waals surface area contributed by atoms with Crippen LogP contribution in [0, 0.1) is 0 Å². The van der Waals surface area contributed by atoms with E-state index in [1.165, 1.54) is 0 Å². The van der Waals surface area contributed by atoms with Gasteiger partial charge in [0.25, 0.3) is 0 Å². The van der Waals surface area contributed by atoms with E-state index in [9.17, 15) is 4.79 Å². The molecule has 0 heterocycles. The van der Waals surface area contributed by atoms with Gasteiger partial charge in [-0.05, 0) is 6.42 Å². The first kappa shape index (κ1) is 10.9. The van der Waals surface area contributed by atoms with Crippen LogP contribution in [0.3, 0.4) is 0 Å². The Balaban J connectivity index is 2.51. The molecule has 0 saturated carbocycles. The van der Waals surface area contributed by atoms with Gasteiger partial charge in [-0.2, -0.15) is 0 Å². The maximum atomic E-state index is 11.6. The average Bonchev–Trinajstić information content (AvgIpc) is 2.19. The number of nitrogens with two attached hydrogens (primary N) is 1. The zero-order chi connectivity index (χ0) is 10.4. The molecular weight excluding hydrogens is 174 g/mol. The van der Waals surface area contributed by atoms with Crippen molar-refractivity contribution in [3.8, 4) is 0 Å². The molecule has 1 rings (SSSR count). The Bertz CT molecular complexity index is 282. The molecule has 1 unspecified atom stereocenters. The van der Waals surface area contributed by atoms with Gasteiger partial charge in [0.05, 0.1) is 0 Å². The van der Waals surface area contributed by atoms with E-state index in [0.29, 0.717) is 6.42 Å². The first-order valence-corrected chi connectivity index (χ1v) is 5.08. The van der Waals surface area contributed by atoms with Crippen LogP contribution in [0.5, 0.6) is 0 Å². The van der Waals surface area contributed by atoms with Crippen LogP contribution in [-0.2, 0) is 0 Å². The Kier molecular flexibility index (Phi) is 4.33. The highest BCUT2D eigenvalue weighted by atomic mass is 16.1. The molecule has 0 aliphatic carbocycles. The molecular formula is C12H17NO. The van der Waals surface area contributed by atoms with Crippen molar-refractivity contribution in [3.63, 3.8) is 0 Å². The fourth-order valence-corrected chi connectivity index (χ4v) is 1.45. The lowest BCUT2D eigenvalue weighted by Gasteiger charge is -2.08. The zero-order valence-electron chi connectivity index (χ0n) is 8.57. The van der Waals surface area contributed by atoms with Gasteiger partial charge in [-0.25, -0.2) is 0 Å². The van der Waals surface area contributed by atoms with Crippen LogP contribution >= 0.6 is 0 Å². The van der Waals surface area contributed by atoms with Crippen LogP contribution in [0.15, 0.2) is 30.3 Å². The summed E-state index contributed by atoms with van der Waals surface area (Å²) in [6.45, 7) is 2.08. The molecule has 1 aromatic carbocycles. The van der Waals surface area contributed by atoms with Crippen molar-refractivity contribution in [1.82, 2.24) is 0 Å². The molecule has 2 heteroatoms. The SMILES string of the molecule is CCCC(N)CC(=O)c1ccccc1. The van der Waals surface area contributed by atoms with Gasteiger partial charge in [0.2, 0.25) is 0 Å². The largest absolute Gasteiger partial charge is 0.327 e. The predicted octanol–water partition coefficient (Wildman–Crippen LogP) is 2.39. The van der Waals surface area contributed by atoms with E-state index in [-0.39, 0.29) is 11.8 Å². The van der Waals surface area contributed by atoms with Crippen molar-refractivity contribution < 1.29 is 4.79 Å². The van der Waals surface area contributed by atoms with Crippen molar-refractivity contribution in [1.29, 1.82) is 0 Å². The second-order valence-corrected chi connectivity index (χ2v) is 3.54. The lowest BCUT2D eigenvalue weighted by atomic mass is 10.0. The van der Waals surface area contributed by atoms with Gasteiger partial charge >= 0.3 is 0 Å². The fourth-order valence-electron chi connectivity index (χ4n) is 1.45. The molecule has 2 N–H and O–H groups in total. The molecule has 0 bridgehead atoms. The maximum absolute atomic E-state index is 11.6. The van der Waals surface area contributed by atoms with E-state index in [1.54, 1.807) is 0 Å². The van der Waals surface area contributed by atoms with Gasteiger partial charge in [0.15, 0.2) is 5.78 Å². The van der Waals surface area contributed by atoms with Crippen LogP contribution in [-0.4, -0.2) is 11.8 Å². The van der Waals surface area contributed by atoms with Crippen molar-refractivity contribution in [3.05, 3.63) is 35.9 Å². The minimum absolute atomic E-state index is 0.00714. The molecule has 1 aromatic rings. The van der Waals surface area contributed by atoms with E-state index < -0.39 is 0 Å². The average molecular weight is 191 g/mol. The zero-order valence-corrected chi connectivity index (χ0v) is 8.57. The predicted molar refractivity (Wildman–Crippen MR) is 58.3 cm³/mol. The van der Waals surface area contributed by atoms with E-state index >= 15 is 0 Å². The fraction of sp³-hybridized carbons (Fsp3) is 0.417. The quantitative estimate of drug-likeness (QED) is 0.726. The molecule has 2 nitrogen and oxygen atoms in total.